The molecule has 31 heavy (non-hydrogen) atoms. The molecule has 4 rings (SSSR count). The van der Waals surface area contributed by atoms with Gasteiger partial charge < -0.3 is 25.8 Å². The van der Waals surface area contributed by atoms with Crippen molar-refractivity contribution in [3.63, 3.8) is 0 Å². The molecular weight excluding hydrogens is 390 g/mol. The fourth-order valence-corrected chi connectivity index (χ4v) is 3.83. The number of piperazine rings is 1. The van der Waals surface area contributed by atoms with E-state index in [0.717, 1.165) is 37.6 Å². The Bertz CT molecular complexity index is 1250. The van der Waals surface area contributed by atoms with E-state index in [-0.39, 0.29) is 11.1 Å². The number of nitrogens with one attached hydrogen (secondary N) is 2. The van der Waals surface area contributed by atoms with Crippen molar-refractivity contribution in [2.75, 3.05) is 56.2 Å². The van der Waals surface area contributed by atoms with Gasteiger partial charge >= 0.3 is 0 Å². The number of hydrogen-bond donors (Lipinski definition) is 3. The largest absolute Gasteiger partial charge is 0.397 e. The van der Waals surface area contributed by atoms with Crippen molar-refractivity contribution in [2.24, 2.45) is 4.99 Å². The van der Waals surface area contributed by atoms with Gasteiger partial charge in [0.25, 0.3) is 5.56 Å². The van der Waals surface area contributed by atoms with Gasteiger partial charge in [0.2, 0.25) is 0 Å². The van der Waals surface area contributed by atoms with Crippen LogP contribution in [-0.4, -0.2) is 56.0 Å². The molecule has 3 aromatic rings. The quantitative estimate of drug-likeness (QED) is 0.447. The highest BCUT2D eigenvalue weighted by atomic mass is 16.1. The Hall–Kier alpha value is -3.83. The zero-order chi connectivity index (χ0) is 22.0. The molecule has 2 heterocycles. The molecule has 0 unspecified atom stereocenters. The summed E-state index contributed by atoms with van der Waals surface area (Å²) in [5, 5.41) is 13.1. The van der Waals surface area contributed by atoms with Gasteiger partial charge in [-0.3, -0.25) is 9.79 Å². The number of anilines is 3. The van der Waals surface area contributed by atoms with E-state index in [1.54, 1.807) is 25.2 Å². The fraction of sp³-hybridized carbons (Fsp3) is 0.261. The Kier molecular flexibility index (Phi) is 5.60. The third-order valence-corrected chi connectivity index (χ3v) is 5.62. The molecule has 0 spiro atoms. The minimum absolute atomic E-state index is 0.259. The first-order valence-corrected chi connectivity index (χ1v) is 10.1. The maximum Gasteiger partial charge on any atom is 0.261 e. The summed E-state index contributed by atoms with van der Waals surface area (Å²) in [5.74, 6) is 0.374. The molecule has 0 amide bonds. The molecule has 0 bridgehead atoms. The molecule has 2 aromatic carbocycles. The number of fused-ring (bicyclic) bond motifs is 1. The van der Waals surface area contributed by atoms with Gasteiger partial charge in [-0.15, -0.1) is 0 Å². The summed E-state index contributed by atoms with van der Waals surface area (Å²) >= 11 is 0. The number of pyridine rings is 1. The van der Waals surface area contributed by atoms with E-state index in [0.29, 0.717) is 28.0 Å². The number of nitrogens with two attached hydrogens (primary N) is 1. The third-order valence-electron chi connectivity index (χ3n) is 5.62. The van der Waals surface area contributed by atoms with E-state index in [1.807, 2.05) is 12.1 Å². The summed E-state index contributed by atoms with van der Waals surface area (Å²) in [5.41, 5.74) is 9.58. The fourth-order valence-electron chi connectivity index (χ4n) is 3.83. The smallest absolute Gasteiger partial charge is 0.261 e. The van der Waals surface area contributed by atoms with Crippen molar-refractivity contribution < 1.29 is 0 Å². The van der Waals surface area contributed by atoms with E-state index < -0.39 is 0 Å². The number of nitrogens with zero attached hydrogens (tertiary/aromatic N) is 4. The number of aromatic nitrogens is 1. The van der Waals surface area contributed by atoms with Crippen molar-refractivity contribution in [1.82, 2.24) is 9.88 Å². The number of amidine groups is 1. The van der Waals surface area contributed by atoms with E-state index >= 15 is 0 Å². The zero-order valence-corrected chi connectivity index (χ0v) is 17.6. The van der Waals surface area contributed by atoms with E-state index in [1.165, 1.54) is 0 Å². The number of H-pyrrole nitrogens is 1. The van der Waals surface area contributed by atoms with Gasteiger partial charge in [0.05, 0.1) is 22.8 Å². The van der Waals surface area contributed by atoms with Crippen LogP contribution >= 0.6 is 0 Å². The van der Waals surface area contributed by atoms with Gasteiger partial charge in [-0.2, -0.15) is 5.26 Å². The lowest BCUT2D eigenvalue weighted by Crippen LogP contribution is -2.44. The number of likely N-dealkylation sites (N-methyl/N-ethyl adjacent to an activating group) is 1. The van der Waals surface area contributed by atoms with Crippen molar-refractivity contribution in [3.8, 4) is 6.07 Å². The van der Waals surface area contributed by atoms with Crippen LogP contribution in [0.15, 0.2) is 52.3 Å². The highest BCUT2D eigenvalue weighted by Gasteiger charge is 2.18. The summed E-state index contributed by atoms with van der Waals surface area (Å²) in [6.07, 6.45) is 0. The lowest BCUT2D eigenvalue weighted by atomic mass is 10.1. The minimum Gasteiger partial charge on any atom is -0.397 e. The maximum absolute atomic E-state index is 12.8. The van der Waals surface area contributed by atoms with Crippen LogP contribution in [0.3, 0.4) is 0 Å². The molecule has 1 aliphatic rings. The van der Waals surface area contributed by atoms with Crippen LogP contribution in [-0.2, 0) is 0 Å². The number of aliphatic imine (C=N–C) groups is 1. The highest BCUT2D eigenvalue weighted by molar-refractivity contribution is 6.14. The molecule has 8 nitrogen and oxygen atoms in total. The molecule has 1 fully saturated rings. The Balaban J connectivity index is 1.68. The van der Waals surface area contributed by atoms with Crippen LogP contribution in [0.4, 0.5) is 17.1 Å². The second kappa shape index (κ2) is 8.50. The second-order valence-electron chi connectivity index (χ2n) is 7.65. The van der Waals surface area contributed by atoms with Crippen LogP contribution < -0.4 is 21.5 Å². The first kappa shape index (κ1) is 20.4. The summed E-state index contributed by atoms with van der Waals surface area (Å²) in [4.78, 5) is 24.6. The van der Waals surface area contributed by atoms with Gasteiger partial charge in [-0.05, 0) is 43.4 Å². The van der Waals surface area contributed by atoms with Crippen LogP contribution in [0.2, 0.25) is 0 Å². The Morgan fingerprint density at radius 3 is 2.68 bits per heavy atom. The SMILES string of the molecule is CN=C(Nc1cccc(N2CCN(C)CC2)c1)c1c(N)c2cc(C#N)ccc2[nH]c1=O. The molecule has 1 saturated heterocycles. The van der Waals surface area contributed by atoms with Gasteiger partial charge in [-0.25, -0.2) is 0 Å². The molecule has 0 radical (unpaired) electrons. The Morgan fingerprint density at radius 2 is 1.97 bits per heavy atom. The average Bonchev–Trinajstić information content (AvgIpc) is 2.79. The molecule has 0 saturated carbocycles. The van der Waals surface area contributed by atoms with Crippen molar-refractivity contribution in [1.29, 1.82) is 5.26 Å². The predicted molar refractivity (Wildman–Crippen MR) is 126 cm³/mol. The van der Waals surface area contributed by atoms with Crippen LogP contribution in [0.1, 0.15) is 11.1 Å². The lowest BCUT2D eigenvalue weighted by Gasteiger charge is -2.34. The summed E-state index contributed by atoms with van der Waals surface area (Å²) in [6.45, 7) is 3.97. The van der Waals surface area contributed by atoms with Gasteiger partial charge in [0, 0.05) is 50.0 Å². The average molecular weight is 416 g/mol. The number of hydrogen-bond acceptors (Lipinski definition) is 6. The van der Waals surface area contributed by atoms with Crippen molar-refractivity contribution >= 4 is 33.8 Å². The topological polar surface area (TPSA) is 114 Å². The van der Waals surface area contributed by atoms with Crippen molar-refractivity contribution in [3.05, 3.63) is 63.9 Å². The van der Waals surface area contributed by atoms with Crippen LogP contribution in [0.5, 0.6) is 0 Å². The predicted octanol–water partition coefficient (Wildman–Crippen LogP) is 2.22. The molecule has 4 N–H and O–H groups in total. The number of nitriles is 1. The molecule has 0 atom stereocenters. The zero-order valence-electron chi connectivity index (χ0n) is 17.6. The molecule has 0 aliphatic carbocycles. The standard InChI is InChI=1S/C23H25N7O/c1-26-22(20-21(25)18-12-15(14-24)6-7-19(18)28-23(20)31)27-16-4-3-5-17(13-16)30-10-8-29(2)9-11-30/h3-7,12-13H,8-11H2,1-2H3,(H,26,27)(H3,25,28,31). The summed E-state index contributed by atoms with van der Waals surface area (Å²) in [7, 11) is 3.74. The van der Waals surface area contributed by atoms with Crippen molar-refractivity contribution in [2.45, 2.75) is 0 Å². The summed E-state index contributed by atoms with van der Waals surface area (Å²) < 4.78 is 0. The summed E-state index contributed by atoms with van der Waals surface area (Å²) in [6, 6.07) is 15.2. The normalized spacial score (nSPS) is 15.1. The molecule has 158 valence electrons. The number of aromatic amines is 1. The lowest BCUT2D eigenvalue weighted by molar-refractivity contribution is 0.313. The number of nitrogen functional groups attached to an aromatic ring is 1. The third kappa shape index (κ3) is 4.09. The minimum atomic E-state index is -0.335. The maximum atomic E-state index is 12.8. The monoisotopic (exact) mass is 415 g/mol. The van der Waals surface area contributed by atoms with E-state index in [9.17, 15) is 10.1 Å². The first-order chi connectivity index (χ1) is 15.0. The first-order valence-electron chi connectivity index (χ1n) is 10.1. The Labute approximate surface area is 180 Å². The number of rotatable bonds is 3. The van der Waals surface area contributed by atoms with Gasteiger partial charge in [0.15, 0.2) is 0 Å². The molecule has 8 heteroatoms. The molecular formula is C23H25N7O. The second-order valence-corrected chi connectivity index (χ2v) is 7.65. The van der Waals surface area contributed by atoms with E-state index in [2.05, 4.69) is 50.3 Å². The highest BCUT2D eigenvalue weighted by Crippen LogP contribution is 2.25. The van der Waals surface area contributed by atoms with Gasteiger partial charge in [0.1, 0.15) is 11.4 Å². The molecule has 1 aromatic heterocycles. The van der Waals surface area contributed by atoms with E-state index in [4.69, 9.17) is 5.73 Å². The molecule has 1 aliphatic heterocycles. The van der Waals surface area contributed by atoms with Gasteiger partial charge in [-0.1, -0.05) is 6.07 Å². The Morgan fingerprint density at radius 1 is 1.19 bits per heavy atom. The van der Waals surface area contributed by atoms with Crippen LogP contribution in [0, 0.1) is 11.3 Å². The number of benzene rings is 2. The van der Waals surface area contributed by atoms with Crippen LogP contribution in [0.25, 0.3) is 10.9 Å².